The van der Waals surface area contributed by atoms with E-state index in [0.717, 1.165) is 35.4 Å². The van der Waals surface area contributed by atoms with Crippen LogP contribution in [-0.2, 0) is 11.2 Å². The summed E-state index contributed by atoms with van der Waals surface area (Å²) in [7, 11) is 0. The summed E-state index contributed by atoms with van der Waals surface area (Å²) in [4.78, 5) is 17.6. The molecule has 1 aromatic heterocycles. The first-order valence-corrected chi connectivity index (χ1v) is 9.09. The molecule has 2 atom stereocenters. The smallest absolute Gasteiger partial charge is 0.226 e. The SMILES string of the molecule is Cc1nc(NC(=O)C[C@@H]2CCC[C@H]2N)sc1Cc1cccc(F)c1.Cl. The molecule has 1 aliphatic rings. The predicted molar refractivity (Wildman–Crippen MR) is 102 cm³/mol. The number of thiazole rings is 1. The highest BCUT2D eigenvalue weighted by Crippen LogP contribution is 2.29. The third kappa shape index (κ3) is 5.23. The van der Waals surface area contributed by atoms with Crippen LogP contribution in [0.4, 0.5) is 9.52 Å². The van der Waals surface area contributed by atoms with Crippen molar-refractivity contribution < 1.29 is 9.18 Å². The molecule has 1 fully saturated rings. The summed E-state index contributed by atoms with van der Waals surface area (Å²) in [6.45, 7) is 1.91. The number of hydrogen-bond donors (Lipinski definition) is 2. The summed E-state index contributed by atoms with van der Waals surface area (Å²) in [5.41, 5.74) is 7.80. The van der Waals surface area contributed by atoms with Gasteiger partial charge in [-0.15, -0.1) is 23.7 Å². The molecule has 0 radical (unpaired) electrons. The van der Waals surface area contributed by atoms with Gasteiger partial charge in [-0.05, 0) is 43.4 Å². The Bertz CT molecular complexity index is 737. The molecule has 3 N–H and O–H groups in total. The first kappa shape index (κ1) is 19.8. The summed E-state index contributed by atoms with van der Waals surface area (Å²) in [5.74, 6) is 0.0114. The van der Waals surface area contributed by atoms with Crippen molar-refractivity contribution in [2.45, 2.75) is 45.1 Å². The normalized spacial score (nSPS) is 19.5. The van der Waals surface area contributed by atoms with Gasteiger partial charge in [0.2, 0.25) is 5.91 Å². The number of halogens is 2. The maximum atomic E-state index is 13.3. The zero-order chi connectivity index (χ0) is 17.1. The van der Waals surface area contributed by atoms with Crippen LogP contribution in [0, 0.1) is 18.7 Å². The molecule has 1 amide bonds. The van der Waals surface area contributed by atoms with Crippen molar-refractivity contribution in [1.29, 1.82) is 0 Å². The van der Waals surface area contributed by atoms with Gasteiger partial charge in [0, 0.05) is 23.8 Å². The molecule has 1 saturated carbocycles. The maximum Gasteiger partial charge on any atom is 0.226 e. The minimum atomic E-state index is -0.240. The molecule has 136 valence electrons. The first-order chi connectivity index (χ1) is 11.5. The summed E-state index contributed by atoms with van der Waals surface area (Å²) >= 11 is 1.45. The maximum absolute atomic E-state index is 13.3. The number of hydrogen-bond acceptors (Lipinski definition) is 4. The van der Waals surface area contributed by atoms with Crippen molar-refractivity contribution in [3.63, 3.8) is 0 Å². The number of nitrogens with two attached hydrogens (primary N) is 1. The Morgan fingerprint density at radius 3 is 2.92 bits per heavy atom. The monoisotopic (exact) mass is 383 g/mol. The third-order valence-electron chi connectivity index (χ3n) is 4.56. The quantitative estimate of drug-likeness (QED) is 0.818. The van der Waals surface area contributed by atoms with Crippen molar-refractivity contribution in [3.8, 4) is 0 Å². The van der Waals surface area contributed by atoms with Crippen LogP contribution in [-0.4, -0.2) is 16.9 Å². The zero-order valence-electron chi connectivity index (χ0n) is 14.1. The number of nitrogens with zero attached hydrogens (tertiary/aromatic N) is 1. The molecule has 4 nitrogen and oxygen atoms in total. The molecule has 1 aliphatic carbocycles. The van der Waals surface area contributed by atoms with Gasteiger partial charge in [-0.2, -0.15) is 0 Å². The van der Waals surface area contributed by atoms with Crippen molar-refractivity contribution in [3.05, 3.63) is 46.2 Å². The molecule has 1 heterocycles. The van der Waals surface area contributed by atoms with Gasteiger partial charge in [-0.3, -0.25) is 4.79 Å². The number of amides is 1. The van der Waals surface area contributed by atoms with Crippen molar-refractivity contribution in [2.75, 3.05) is 5.32 Å². The summed E-state index contributed by atoms with van der Waals surface area (Å²) in [6, 6.07) is 6.69. The van der Waals surface area contributed by atoms with Gasteiger partial charge < -0.3 is 11.1 Å². The molecule has 2 aromatic rings. The van der Waals surface area contributed by atoms with Gasteiger partial charge in [0.1, 0.15) is 5.82 Å². The van der Waals surface area contributed by atoms with Crippen molar-refractivity contribution in [2.24, 2.45) is 11.7 Å². The summed E-state index contributed by atoms with van der Waals surface area (Å²) < 4.78 is 13.3. The van der Waals surface area contributed by atoms with Crippen LogP contribution in [0.5, 0.6) is 0 Å². The number of carbonyl (C=O) groups excluding carboxylic acids is 1. The second kappa shape index (κ2) is 8.74. The van der Waals surface area contributed by atoms with E-state index in [0.29, 0.717) is 18.0 Å². The lowest BCUT2D eigenvalue weighted by Gasteiger charge is -2.13. The lowest BCUT2D eigenvalue weighted by Crippen LogP contribution is -2.28. The minimum absolute atomic E-state index is 0. The molecule has 0 aliphatic heterocycles. The predicted octanol–water partition coefficient (Wildman–Crippen LogP) is 4.06. The van der Waals surface area contributed by atoms with Gasteiger partial charge in [0.05, 0.1) is 5.69 Å². The highest BCUT2D eigenvalue weighted by Gasteiger charge is 2.26. The number of carbonyl (C=O) groups is 1. The average Bonchev–Trinajstić information content (AvgIpc) is 3.06. The fourth-order valence-corrected chi connectivity index (χ4v) is 4.22. The molecule has 0 spiro atoms. The fourth-order valence-electron chi connectivity index (χ4n) is 3.21. The van der Waals surface area contributed by atoms with Gasteiger partial charge in [0.25, 0.3) is 0 Å². The van der Waals surface area contributed by atoms with E-state index >= 15 is 0 Å². The Kier molecular flexibility index (Phi) is 6.93. The van der Waals surface area contributed by atoms with Gasteiger partial charge >= 0.3 is 0 Å². The summed E-state index contributed by atoms with van der Waals surface area (Å²) in [6.07, 6.45) is 4.21. The highest BCUT2D eigenvalue weighted by atomic mass is 35.5. The molecule has 0 saturated heterocycles. The van der Waals surface area contributed by atoms with E-state index in [-0.39, 0.29) is 36.1 Å². The molecular weight excluding hydrogens is 361 g/mol. The number of rotatable bonds is 5. The number of aryl methyl sites for hydroxylation is 1. The lowest BCUT2D eigenvalue weighted by atomic mass is 10.00. The van der Waals surface area contributed by atoms with Crippen LogP contribution in [0.2, 0.25) is 0 Å². The molecule has 1 aromatic carbocycles. The van der Waals surface area contributed by atoms with Crippen LogP contribution in [0.15, 0.2) is 24.3 Å². The zero-order valence-corrected chi connectivity index (χ0v) is 15.8. The second-order valence-corrected chi connectivity index (χ2v) is 7.53. The average molecular weight is 384 g/mol. The third-order valence-corrected chi connectivity index (χ3v) is 5.63. The number of nitrogens with one attached hydrogen (secondary N) is 1. The highest BCUT2D eigenvalue weighted by molar-refractivity contribution is 7.15. The first-order valence-electron chi connectivity index (χ1n) is 8.27. The van der Waals surface area contributed by atoms with Crippen molar-refractivity contribution >= 4 is 34.8 Å². The summed E-state index contributed by atoms with van der Waals surface area (Å²) in [5, 5.41) is 3.49. The van der Waals surface area contributed by atoms with E-state index in [2.05, 4.69) is 10.3 Å². The molecule has 0 bridgehead atoms. The Morgan fingerprint density at radius 1 is 1.44 bits per heavy atom. The number of anilines is 1. The Hall–Kier alpha value is -1.50. The fraction of sp³-hybridized carbons (Fsp3) is 0.444. The molecular formula is C18H23ClFN3OS. The van der Waals surface area contributed by atoms with Crippen LogP contribution < -0.4 is 11.1 Å². The number of aromatic nitrogens is 1. The van der Waals surface area contributed by atoms with E-state index in [4.69, 9.17) is 5.73 Å². The molecule has 25 heavy (non-hydrogen) atoms. The molecule has 0 unspecified atom stereocenters. The van der Waals surface area contributed by atoms with E-state index in [1.54, 1.807) is 6.07 Å². The van der Waals surface area contributed by atoms with Crippen LogP contribution in [0.3, 0.4) is 0 Å². The van der Waals surface area contributed by atoms with Gasteiger partial charge in [-0.1, -0.05) is 18.6 Å². The molecule has 3 rings (SSSR count). The van der Waals surface area contributed by atoms with Crippen molar-refractivity contribution in [1.82, 2.24) is 4.98 Å². The Labute approximate surface area is 157 Å². The van der Waals surface area contributed by atoms with Crippen LogP contribution in [0.25, 0.3) is 0 Å². The van der Waals surface area contributed by atoms with Crippen LogP contribution >= 0.6 is 23.7 Å². The topological polar surface area (TPSA) is 68.0 Å². The van der Waals surface area contributed by atoms with E-state index in [1.165, 1.54) is 23.5 Å². The minimum Gasteiger partial charge on any atom is -0.327 e. The van der Waals surface area contributed by atoms with E-state index in [1.807, 2.05) is 13.0 Å². The van der Waals surface area contributed by atoms with Gasteiger partial charge in [0.15, 0.2) is 5.13 Å². The largest absolute Gasteiger partial charge is 0.327 e. The standard InChI is InChI=1S/C18H22FN3OS.ClH/c1-11-16(9-12-4-2-6-14(19)8-12)24-18(21-11)22-17(23)10-13-5-3-7-15(13)20;/h2,4,6,8,13,15H,3,5,7,9-10,20H2,1H3,(H,21,22,23);1H/t13-,15+;/m0./s1. The van der Waals surface area contributed by atoms with E-state index < -0.39 is 0 Å². The Balaban J connectivity index is 0.00000225. The van der Waals surface area contributed by atoms with Crippen LogP contribution in [0.1, 0.15) is 41.8 Å². The van der Waals surface area contributed by atoms with Gasteiger partial charge in [-0.25, -0.2) is 9.37 Å². The lowest BCUT2D eigenvalue weighted by molar-refractivity contribution is -0.117. The van der Waals surface area contributed by atoms with E-state index in [9.17, 15) is 9.18 Å². The molecule has 7 heteroatoms. The second-order valence-electron chi connectivity index (χ2n) is 6.44. The number of benzene rings is 1. The Morgan fingerprint density at radius 2 is 2.24 bits per heavy atom.